The molecule has 1 aromatic carbocycles. The molecule has 3 heterocycles. The van der Waals surface area contributed by atoms with E-state index in [0.29, 0.717) is 26.2 Å². The van der Waals surface area contributed by atoms with Crippen molar-refractivity contribution < 1.29 is 14.6 Å². The van der Waals surface area contributed by atoms with E-state index in [-0.39, 0.29) is 17.9 Å². The predicted octanol–water partition coefficient (Wildman–Crippen LogP) is 2.34. The molecule has 1 aliphatic heterocycles. The van der Waals surface area contributed by atoms with Gasteiger partial charge in [-0.05, 0) is 58.4 Å². The Morgan fingerprint density at radius 3 is 2.52 bits per heavy atom. The van der Waals surface area contributed by atoms with Gasteiger partial charge in [0, 0.05) is 17.8 Å². The summed E-state index contributed by atoms with van der Waals surface area (Å²) >= 11 is 1.28. The number of esters is 1. The van der Waals surface area contributed by atoms with Crippen LogP contribution >= 0.6 is 11.3 Å². The number of aryl methyl sites for hydroxylation is 2. The molecule has 1 N–H and O–H groups in total. The van der Waals surface area contributed by atoms with Gasteiger partial charge in [-0.1, -0.05) is 23.5 Å². The van der Waals surface area contributed by atoms with E-state index in [4.69, 9.17) is 4.74 Å². The SMILES string of the molecule is CCOC(=O)C1=C(C)N=c2sc(=Cc3c(C)nn(CC)c3C)c(=O)n2C1c1ccc(O)cc1. The summed E-state index contributed by atoms with van der Waals surface area (Å²) in [7, 11) is 0. The fourth-order valence-electron chi connectivity index (χ4n) is 4.12. The standard InChI is InChI=1S/C24H26N4O4S/c1-6-27-15(5)18(13(3)26-27)12-19-22(30)28-21(16-8-10-17(29)11-9-16)20(23(31)32-7-2)14(4)25-24(28)33-19/h8-12,21,29H,6-7H2,1-5H3. The Morgan fingerprint density at radius 1 is 1.21 bits per heavy atom. The van der Waals surface area contributed by atoms with Crippen molar-refractivity contribution >= 4 is 23.4 Å². The fourth-order valence-corrected chi connectivity index (χ4v) is 5.15. The van der Waals surface area contributed by atoms with Crippen LogP contribution in [0.3, 0.4) is 0 Å². The number of hydrogen-bond donors (Lipinski definition) is 1. The largest absolute Gasteiger partial charge is 0.508 e. The molecule has 0 fully saturated rings. The highest BCUT2D eigenvalue weighted by Crippen LogP contribution is 2.31. The molecule has 4 rings (SSSR count). The van der Waals surface area contributed by atoms with Crippen LogP contribution in [-0.4, -0.2) is 32.0 Å². The fraction of sp³-hybridized carbons (Fsp3) is 0.333. The summed E-state index contributed by atoms with van der Waals surface area (Å²) in [6.07, 6.45) is 1.85. The first kappa shape index (κ1) is 22.7. The molecule has 9 heteroatoms. The van der Waals surface area contributed by atoms with Gasteiger partial charge >= 0.3 is 5.97 Å². The Labute approximate surface area is 194 Å². The van der Waals surface area contributed by atoms with Gasteiger partial charge in [0.25, 0.3) is 5.56 Å². The van der Waals surface area contributed by atoms with Gasteiger partial charge < -0.3 is 9.84 Å². The number of allylic oxidation sites excluding steroid dienone is 1. The smallest absolute Gasteiger partial charge is 0.338 e. The van der Waals surface area contributed by atoms with Crippen LogP contribution in [0.15, 0.2) is 45.3 Å². The minimum absolute atomic E-state index is 0.100. The van der Waals surface area contributed by atoms with E-state index in [9.17, 15) is 14.7 Å². The van der Waals surface area contributed by atoms with Gasteiger partial charge in [-0.3, -0.25) is 14.0 Å². The van der Waals surface area contributed by atoms with Crippen molar-refractivity contribution in [1.82, 2.24) is 14.3 Å². The Bertz CT molecular complexity index is 1440. The number of fused-ring (bicyclic) bond motifs is 1. The number of phenolic OH excluding ortho intramolecular Hbond substituents is 1. The van der Waals surface area contributed by atoms with Gasteiger partial charge in [-0.15, -0.1) is 0 Å². The lowest BCUT2D eigenvalue weighted by molar-refractivity contribution is -0.139. The number of hydrogen-bond acceptors (Lipinski definition) is 7. The third-order valence-electron chi connectivity index (χ3n) is 5.74. The summed E-state index contributed by atoms with van der Waals surface area (Å²) in [6.45, 7) is 10.4. The number of carbonyl (C=O) groups excluding carboxylic acids is 1. The molecule has 1 aliphatic rings. The van der Waals surface area contributed by atoms with E-state index in [0.717, 1.165) is 23.5 Å². The van der Waals surface area contributed by atoms with Crippen molar-refractivity contribution in [2.24, 2.45) is 4.99 Å². The molecule has 8 nitrogen and oxygen atoms in total. The molecule has 0 amide bonds. The molecule has 0 saturated carbocycles. The molecule has 3 aromatic rings. The van der Waals surface area contributed by atoms with E-state index in [2.05, 4.69) is 10.1 Å². The Kier molecular flexibility index (Phi) is 6.07. The maximum absolute atomic E-state index is 13.6. The first-order chi connectivity index (χ1) is 15.8. The molecule has 172 valence electrons. The van der Waals surface area contributed by atoms with Gasteiger partial charge in [0.2, 0.25) is 0 Å². The number of nitrogens with zero attached hydrogens (tertiary/aromatic N) is 4. The molecule has 0 spiro atoms. The lowest BCUT2D eigenvalue weighted by atomic mass is 9.96. The monoisotopic (exact) mass is 466 g/mol. The number of thiazole rings is 1. The van der Waals surface area contributed by atoms with E-state index in [1.54, 1.807) is 26.0 Å². The van der Waals surface area contributed by atoms with Gasteiger partial charge in [0.05, 0.1) is 34.1 Å². The van der Waals surface area contributed by atoms with Crippen molar-refractivity contribution in [3.05, 3.63) is 77.7 Å². The van der Waals surface area contributed by atoms with Gasteiger partial charge in [-0.2, -0.15) is 5.10 Å². The van der Waals surface area contributed by atoms with Crippen molar-refractivity contribution in [1.29, 1.82) is 0 Å². The molecule has 0 saturated heterocycles. The number of phenols is 1. The van der Waals surface area contributed by atoms with E-state index in [1.165, 1.54) is 28.0 Å². The third kappa shape index (κ3) is 3.93. The van der Waals surface area contributed by atoms with E-state index < -0.39 is 12.0 Å². The van der Waals surface area contributed by atoms with Crippen molar-refractivity contribution in [3.8, 4) is 5.75 Å². The minimum atomic E-state index is -0.705. The summed E-state index contributed by atoms with van der Waals surface area (Å²) in [4.78, 5) is 31.6. The van der Waals surface area contributed by atoms with Crippen molar-refractivity contribution in [2.75, 3.05) is 6.61 Å². The first-order valence-electron chi connectivity index (χ1n) is 10.8. The number of aromatic hydroxyl groups is 1. The van der Waals surface area contributed by atoms with Gasteiger partial charge in [-0.25, -0.2) is 9.79 Å². The van der Waals surface area contributed by atoms with Crippen molar-refractivity contribution in [3.63, 3.8) is 0 Å². The predicted molar refractivity (Wildman–Crippen MR) is 126 cm³/mol. The second-order valence-electron chi connectivity index (χ2n) is 7.79. The molecule has 0 aliphatic carbocycles. The van der Waals surface area contributed by atoms with Crippen LogP contribution in [0.5, 0.6) is 5.75 Å². The van der Waals surface area contributed by atoms with Gasteiger partial charge in [0.15, 0.2) is 4.80 Å². The van der Waals surface area contributed by atoms with Crippen LogP contribution in [0.25, 0.3) is 6.08 Å². The second-order valence-corrected chi connectivity index (χ2v) is 8.80. The number of ether oxygens (including phenoxy) is 1. The highest BCUT2D eigenvalue weighted by Gasteiger charge is 2.33. The topological polar surface area (TPSA) is 98.7 Å². The summed E-state index contributed by atoms with van der Waals surface area (Å²) in [5.74, 6) is -0.412. The van der Waals surface area contributed by atoms with Crippen molar-refractivity contribution in [2.45, 2.75) is 47.2 Å². The Morgan fingerprint density at radius 2 is 1.91 bits per heavy atom. The zero-order valence-electron chi connectivity index (χ0n) is 19.2. The average molecular weight is 467 g/mol. The van der Waals surface area contributed by atoms with Crippen LogP contribution in [0, 0.1) is 13.8 Å². The maximum Gasteiger partial charge on any atom is 0.338 e. The number of rotatable bonds is 5. The molecular weight excluding hydrogens is 440 g/mol. The molecular formula is C24H26N4O4S. The highest BCUT2D eigenvalue weighted by atomic mass is 32.1. The molecule has 33 heavy (non-hydrogen) atoms. The van der Waals surface area contributed by atoms with Crippen LogP contribution in [-0.2, 0) is 16.1 Å². The second kappa shape index (κ2) is 8.82. The molecule has 1 unspecified atom stereocenters. The number of aromatic nitrogens is 3. The zero-order chi connectivity index (χ0) is 23.9. The summed E-state index contributed by atoms with van der Waals surface area (Å²) in [5, 5.41) is 14.3. The number of carbonyl (C=O) groups is 1. The van der Waals surface area contributed by atoms with Crippen LogP contribution in [0.1, 0.15) is 49.3 Å². The summed E-state index contributed by atoms with van der Waals surface area (Å²) < 4.78 is 9.25. The lowest BCUT2D eigenvalue weighted by Crippen LogP contribution is -2.39. The minimum Gasteiger partial charge on any atom is -0.508 e. The highest BCUT2D eigenvalue weighted by molar-refractivity contribution is 7.07. The van der Waals surface area contributed by atoms with Crippen LogP contribution < -0.4 is 14.9 Å². The molecule has 0 radical (unpaired) electrons. The third-order valence-corrected chi connectivity index (χ3v) is 6.72. The number of benzene rings is 1. The zero-order valence-corrected chi connectivity index (χ0v) is 20.1. The van der Waals surface area contributed by atoms with Crippen LogP contribution in [0.2, 0.25) is 0 Å². The molecule has 1 atom stereocenters. The molecule has 0 bridgehead atoms. The van der Waals surface area contributed by atoms with Gasteiger partial charge in [0.1, 0.15) is 5.75 Å². The van der Waals surface area contributed by atoms with E-state index >= 15 is 0 Å². The summed E-state index contributed by atoms with van der Waals surface area (Å²) in [6, 6.07) is 5.77. The average Bonchev–Trinajstić information content (AvgIpc) is 3.23. The van der Waals surface area contributed by atoms with Crippen LogP contribution in [0.4, 0.5) is 0 Å². The summed E-state index contributed by atoms with van der Waals surface area (Å²) in [5.41, 5.74) is 4.00. The maximum atomic E-state index is 13.6. The first-order valence-corrected chi connectivity index (χ1v) is 11.6. The molecule has 2 aromatic heterocycles. The normalized spacial score (nSPS) is 16.0. The lowest BCUT2D eigenvalue weighted by Gasteiger charge is -2.24. The Balaban J connectivity index is 1.97. The Hall–Kier alpha value is -3.46. The quantitative estimate of drug-likeness (QED) is 0.582. The van der Waals surface area contributed by atoms with E-state index in [1.807, 2.05) is 31.5 Å².